The predicted molar refractivity (Wildman–Crippen MR) is 109 cm³/mol. The van der Waals surface area contributed by atoms with Crippen LogP contribution in [-0.4, -0.2) is 117 Å². The van der Waals surface area contributed by atoms with E-state index in [0.29, 0.717) is 12.2 Å². The number of hydrogen-bond donors (Lipinski definition) is 7. The molecule has 2 saturated heterocycles. The van der Waals surface area contributed by atoms with E-state index in [4.69, 9.17) is 23.7 Å². The Morgan fingerprint density at radius 2 is 1.64 bits per heavy atom. The molecule has 12 nitrogen and oxygen atoms in total. The van der Waals surface area contributed by atoms with Gasteiger partial charge in [0.2, 0.25) is 0 Å². The van der Waals surface area contributed by atoms with Crippen LogP contribution in [0.4, 0.5) is 0 Å². The molecule has 3 rings (SSSR count). The highest BCUT2D eigenvalue weighted by Crippen LogP contribution is 2.30. The Kier molecular flexibility index (Phi) is 8.86. The standard InChI is InChI=1S/C21H32O12/c1-9-14(24)16(26)17(27)21(31-9)33-19-15(25)13(8-22)32-20(18(19)28)30-6-5-10-3-4-11(23)12(7-10)29-2/h3-4,7,9,13-28H,5-6,8H2,1-2H3/t9-,13+,14-,15+,16+,17+,18+,19-,20+,21-/m0/s1. The van der Waals surface area contributed by atoms with E-state index in [-0.39, 0.29) is 12.4 Å². The van der Waals surface area contributed by atoms with E-state index < -0.39 is 68.0 Å². The summed E-state index contributed by atoms with van der Waals surface area (Å²) in [4.78, 5) is 0. The number of methoxy groups -OCH3 is 1. The summed E-state index contributed by atoms with van der Waals surface area (Å²) in [6.45, 7) is 0.934. The summed E-state index contributed by atoms with van der Waals surface area (Å²) in [6, 6.07) is 4.78. The molecule has 188 valence electrons. The van der Waals surface area contributed by atoms with Crippen LogP contribution in [0, 0.1) is 0 Å². The molecule has 2 heterocycles. The van der Waals surface area contributed by atoms with Crippen LogP contribution in [0.15, 0.2) is 18.2 Å². The van der Waals surface area contributed by atoms with Crippen LogP contribution < -0.4 is 4.74 Å². The average molecular weight is 476 g/mol. The Balaban J connectivity index is 1.64. The Bertz CT molecular complexity index is 763. The van der Waals surface area contributed by atoms with Crippen molar-refractivity contribution in [1.29, 1.82) is 0 Å². The summed E-state index contributed by atoms with van der Waals surface area (Å²) in [6.07, 6.45) is -13.4. The fraction of sp³-hybridized carbons (Fsp3) is 0.714. The van der Waals surface area contributed by atoms with E-state index >= 15 is 0 Å². The van der Waals surface area contributed by atoms with Crippen molar-refractivity contribution in [1.82, 2.24) is 0 Å². The van der Waals surface area contributed by atoms with Crippen molar-refractivity contribution < 1.29 is 59.4 Å². The fourth-order valence-electron chi connectivity index (χ4n) is 3.80. The van der Waals surface area contributed by atoms with Crippen molar-refractivity contribution in [2.75, 3.05) is 20.3 Å². The lowest BCUT2D eigenvalue weighted by Gasteiger charge is -2.45. The minimum Gasteiger partial charge on any atom is -0.504 e. The minimum absolute atomic E-state index is 0.00737. The molecule has 0 bridgehead atoms. The molecule has 7 N–H and O–H groups in total. The first-order valence-corrected chi connectivity index (χ1v) is 10.6. The molecule has 0 radical (unpaired) electrons. The van der Waals surface area contributed by atoms with Gasteiger partial charge >= 0.3 is 0 Å². The highest BCUT2D eigenvalue weighted by Gasteiger charge is 2.50. The van der Waals surface area contributed by atoms with Gasteiger partial charge in [-0.05, 0) is 31.0 Å². The minimum atomic E-state index is -1.64. The van der Waals surface area contributed by atoms with Gasteiger partial charge in [-0.25, -0.2) is 0 Å². The topological polar surface area (TPSA) is 188 Å². The molecule has 0 spiro atoms. The Morgan fingerprint density at radius 1 is 0.909 bits per heavy atom. The zero-order valence-corrected chi connectivity index (χ0v) is 18.3. The number of benzene rings is 1. The molecule has 2 fully saturated rings. The maximum Gasteiger partial charge on any atom is 0.187 e. The van der Waals surface area contributed by atoms with Crippen LogP contribution in [0.1, 0.15) is 12.5 Å². The molecule has 12 heteroatoms. The maximum absolute atomic E-state index is 10.7. The number of ether oxygens (including phenoxy) is 5. The Morgan fingerprint density at radius 3 is 2.30 bits per heavy atom. The quantitative estimate of drug-likeness (QED) is 0.211. The largest absolute Gasteiger partial charge is 0.504 e. The summed E-state index contributed by atoms with van der Waals surface area (Å²) in [7, 11) is 1.43. The maximum atomic E-state index is 10.7. The third-order valence-electron chi connectivity index (χ3n) is 5.84. The van der Waals surface area contributed by atoms with Gasteiger partial charge in [0.1, 0.15) is 42.7 Å². The number of aliphatic hydroxyl groups is 6. The van der Waals surface area contributed by atoms with Crippen molar-refractivity contribution in [3.05, 3.63) is 23.8 Å². The lowest BCUT2D eigenvalue weighted by molar-refractivity contribution is -0.357. The summed E-state index contributed by atoms with van der Waals surface area (Å²) in [5.74, 6) is 0.290. The summed E-state index contributed by atoms with van der Waals surface area (Å²) < 4.78 is 27.1. The number of aliphatic hydroxyl groups excluding tert-OH is 6. The first-order chi connectivity index (χ1) is 15.7. The van der Waals surface area contributed by atoms with Gasteiger partial charge in [-0.2, -0.15) is 0 Å². The Labute approximate surface area is 190 Å². The average Bonchev–Trinajstić information content (AvgIpc) is 2.80. The molecule has 0 amide bonds. The number of phenolic OH excluding ortho intramolecular Hbond substituents is 1. The molecule has 0 saturated carbocycles. The van der Waals surface area contributed by atoms with Gasteiger partial charge in [0.05, 0.1) is 26.4 Å². The Hall–Kier alpha value is -1.58. The number of rotatable bonds is 8. The molecule has 1 aromatic rings. The summed E-state index contributed by atoms with van der Waals surface area (Å²) >= 11 is 0. The smallest absolute Gasteiger partial charge is 0.187 e. The lowest BCUT2D eigenvalue weighted by Crippen LogP contribution is -2.64. The first-order valence-electron chi connectivity index (χ1n) is 10.6. The third kappa shape index (κ3) is 5.74. The van der Waals surface area contributed by atoms with Gasteiger partial charge in [-0.3, -0.25) is 0 Å². The van der Waals surface area contributed by atoms with Crippen LogP contribution in [0.25, 0.3) is 0 Å². The third-order valence-corrected chi connectivity index (χ3v) is 5.84. The van der Waals surface area contributed by atoms with Crippen LogP contribution in [0.5, 0.6) is 11.5 Å². The molecule has 2 aliphatic rings. The molecule has 33 heavy (non-hydrogen) atoms. The van der Waals surface area contributed by atoms with E-state index in [2.05, 4.69) is 0 Å². The molecular formula is C21H32O12. The normalized spacial score (nSPS) is 39.4. The van der Waals surface area contributed by atoms with Gasteiger partial charge in [0.15, 0.2) is 24.1 Å². The molecule has 0 unspecified atom stereocenters. The van der Waals surface area contributed by atoms with Gasteiger partial charge in [0, 0.05) is 0 Å². The van der Waals surface area contributed by atoms with E-state index in [1.807, 2.05) is 0 Å². The van der Waals surface area contributed by atoms with Crippen LogP contribution in [0.3, 0.4) is 0 Å². The van der Waals surface area contributed by atoms with Crippen molar-refractivity contribution >= 4 is 0 Å². The molecule has 2 aliphatic heterocycles. The van der Waals surface area contributed by atoms with E-state index in [0.717, 1.165) is 5.56 Å². The molecular weight excluding hydrogens is 444 g/mol. The summed E-state index contributed by atoms with van der Waals surface area (Å²) in [5.41, 5.74) is 0.779. The van der Waals surface area contributed by atoms with E-state index in [1.54, 1.807) is 12.1 Å². The predicted octanol–water partition coefficient (Wildman–Crippen LogP) is -2.39. The zero-order valence-electron chi connectivity index (χ0n) is 18.3. The monoisotopic (exact) mass is 476 g/mol. The second-order valence-corrected chi connectivity index (χ2v) is 8.12. The van der Waals surface area contributed by atoms with Gasteiger partial charge in [-0.1, -0.05) is 6.07 Å². The van der Waals surface area contributed by atoms with Crippen LogP contribution >= 0.6 is 0 Å². The molecule has 0 aromatic heterocycles. The van der Waals surface area contributed by atoms with E-state index in [1.165, 1.54) is 20.1 Å². The molecule has 1 aromatic carbocycles. The number of phenols is 1. The second kappa shape index (κ2) is 11.2. The number of aromatic hydroxyl groups is 1. The van der Waals surface area contributed by atoms with Crippen LogP contribution in [-0.2, 0) is 25.4 Å². The molecule has 0 aliphatic carbocycles. The number of hydrogen-bond acceptors (Lipinski definition) is 12. The van der Waals surface area contributed by atoms with Gasteiger partial charge < -0.3 is 59.4 Å². The molecule has 10 atom stereocenters. The first kappa shape index (κ1) is 26.0. The van der Waals surface area contributed by atoms with Crippen molar-refractivity contribution in [3.63, 3.8) is 0 Å². The van der Waals surface area contributed by atoms with Crippen molar-refractivity contribution in [3.8, 4) is 11.5 Å². The van der Waals surface area contributed by atoms with Gasteiger partial charge in [0.25, 0.3) is 0 Å². The van der Waals surface area contributed by atoms with Crippen molar-refractivity contribution in [2.24, 2.45) is 0 Å². The highest BCUT2D eigenvalue weighted by atomic mass is 16.7. The lowest BCUT2D eigenvalue weighted by atomic mass is 9.97. The van der Waals surface area contributed by atoms with Crippen molar-refractivity contribution in [2.45, 2.75) is 74.8 Å². The second-order valence-electron chi connectivity index (χ2n) is 8.12. The SMILES string of the molecule is COc1cc(CCO[C@@H]2O[C@H](CO)[C@@H](O)[C@H](O[C@@H]3O[C@@H](C)[C@H](O)[C@@H](O)[C@H]3O)[C@H]2O)ccc1O. The van der Waals surface area contributed by atoms with Gasteiger partial charge in [-0.15, -0.1) is 0 Å². The zero-order chi connectivity index (χ0) is 24.3. The van der Waals surface area contributed by atoms with Crippen LogP contribution in [0.2, 0.25) is 0 Å². The van der Waals surface area contributed by atoms with E-state index in [9.17, 15) is 35.7 Å². The highest BCUT2D eigenvalue weighted by molar-refractivity contribution is 5.41. The fourth-order valence-corrected chi connectivity index (χ4v) is 3.80. The summed E-state index contributed by atoms with van der Waals surface area (Å²) in [5, 5.41) is 70.4.